The van der Waals surface area contributed by atoms with Crippen molar-refractivity contribution < 1.29 is 9.50 Å². The van der Waals surface area contributed by atoms with Crippen LogP contribution in [0, 0.1) is 5.82 Å². The van der Waals surface area contributed by atoms with E-state index in [9.17, 15) is 9.50 Å². The van der Waals surface area contributed by atoms with Crippen LogP contribution in [0.3, 0.4) is 0 Å². The predicted octanol–water partition coefficient (Wildman–Crippen LogP) is 1.58. The molecular formula is C12H17FN2O. The Bertz CT molecular complexity index is 366. The van der Waals surface area contributed by atoms with E-state index in [2.05, 4.69) is 5.32 Å². The van der Waals surface area contributed by atoms with Gasteiger partial charge in [0.25, 0.3) is 0 Å². The Morgan fingerprint density at radius 3 is 2.88 bits per heavy atom. The van der Waals surface area contributed by atoms with E-state index in [0.717, 1.165) is 6.54 Å². The molecule has 0 aromatic heterocycles. The van der Waals surface area contributed by atoms with E-state index in [1.165, 1.54) is 25.0 Å². The molecule has 88 valence electrons. The number of hydrogen-bond acceptors (Lipinski definition) is 3. The Morgan fingerprint density at radius 1 is 1.50 bits per heavy atom. The Kier molecular flexibility index (Phi) is 3.41. The van der Waals surface area contributed by atoms with Gasteiger partial charge in [-0.25, -0.2) is 4.39 Å². The monoisotopic (exact) mass is 224 g/mol. The Morgan fingerprint density at radius 2 is 2.25 bits per heavy atom. The van der Waals surface area contributed by atoms with Gasteiger partial charge in [0, 0.05) is 6.04 Å². The highest BCUT2D eigenvalue weighted by Gasteiger charge is 2.20. The van der Waals surface area contributed by atoms with Crippen LogP contribution in [0.1, 0.15) is 30.9 Å². The highest BCUT2D eigenvalue weighted by atomic mass is 19.1. The standard InChI is InChI=1S/C12H17FN2O/c13-10-4-1-8(7-11(10)14)12(16)5-6-15-9-2-3-9/h1,4,7,9,12,15-16H,2-3,5-6,14H2. The number of halogens is 1. The fourth-order valence-electron chi connectivity index (χ4n) is 1.65. The minimum absolute atomic E-state index is 0.0895. The Labute approximate surface area is 94.5 Å². The number of nitrogen functional groups attached to an aromatic ring is 1. The molecule has 0 spiro atoms. The molecule has 4 heteroatoms. The van der Waals surface area contributed by atoms with Crippen LogP contribution in [0.15, 0.2) is 18.2 Å². The molecule has 1 fully saturated rings. The van der Waals surface area contributed by atoms with Crippen molar-refractivity contribution in [2.24, 2.45) is 0 Å². The van der Waals surface area contributed by atoms with E-state index < -0.39 is 11.9 Å². The van der Waals surface area contributed by atoms with E-state index in [-0.39, 0.29) is 5.69 Å². The second-order valence-electron chi connectivity index (χ2n) is 4.31. The summed E-state index contributed by atoms with van der Waals surface area (Å²) in [6, 6.07) is 5.01. The molecule has 16 heavy (non-hydrogen) atoms. The van der Waals surface area contributed by atoms with Crippen LogP contribution in [0.5, 0.6) is 0 Å². The summed E-state index contributed by atoms with van der Waals surface area (Å²) < 4.78 is 12.9. The lowest BCUT2D eigenvalue weighted by Crippen LogP contribution is -2.19. The number of anilines is 1. The van der Waals surface area contributed by atoms with Crippen LogP contribution in [0.2, 0.25) is 0 Å². The molecule has 1 saturated carbocycles. The molecule has 0 bridgehead atoms. The lowest BCUT2D eigenvalue weighted by atomic mass is 10.1. The van der Waals surface area contributed by atoms with E-state index in [0.29, 0.717) is 18.0 Å². The quantitative estimate of drug-likeness (QED) is 0.666. The molecule has 1 aromatic carbocycles. The van der Waals surface area contributed by atoms with Gasteiger partial charge in [0.15, 0.2) is 0 Å². The minimum atomic E-state index is -0.575. The number of hydrogen-bond donors (Lipinski definition) is 3. The third-order valence-electron chi connectivity index (χ3n) is 2.83. The smallest absolute Gasteiger partial charge is 0.146 e. The SMILES string of the molecule is Nc1cc(C(O)CCNC2CC2)ccc1F. The van der Waals surface area contributed by atoms with Crippen molar-refractivity contribution in [3.05, 3.63) is 29.6 Å². The maximum atomic E-state index is 12.9. The van der Waals surface area contributed by atoms with Crippen molar-refractivity contribution in [3.63, 3.8) is 0 Å². The molecule has 1 aliphatic rings. The van der Waals surface area contributed by atoms with E-state index in [4.69, 9.17) is 5.73 Å². The van der Waals surface area contributed by atoms with E-state index in [1.807, 2.05) is 0 Å². The Balaban J connectivity index is 1.86. The maximum absolute atomic E-state index is 12.9. The van der Waals surface area contributed by atoms with Crippen LogP contribution in [0.4, 0.5) is 10.1 Å². The number of rotatable bonds is 5. The first kappa shape index (κ1) is 11.4. The summed E-state index contributed by atoms with van der Waals surface area (Å²) in [5.74, 6) is -0.438. The van der Waals surface area contributed by atoms with Crippen molar-refractivity contribution in [1.29, 1.82) is 0 Å². The van der Waals surface area contributed by atoms with Gasteiger partial charge in [-0.15, -0.1) is 0 Å². The number of nitrogens with one attached hydrogen (secondary N) is 1. The van der Waals surface area contributed by atoms with Crippen molar-refractivity contribution >= 4 is 5.69 Å². The van der Waals surface area contributed by atoms with Gasteiger partial charge in [-0.2, -0.15) is 0 Å². The first-order valence-electron chi connectivity index (χ1n) is 5.63. The first-order valence-corrected chi connectivity index (χ1v) is 5.63. The fourth-order valence-corrected chi connectivity index (χ4v) is 1.65. The molecule has 0 aliphatic heterocycles. The summed E-state index contributed by atoms with van der Waals surface area (Å²) in [4.78, 5) is 0. The van der Waals surface area contributed by atoms with Crippen molar-refractivity contribution in [2.75, 3.05) is 12.3 Å². The number of aliphatic hydroxyl groups is 1. The minimum Gasteiger partial charge on any atom is -0.396 e. The topological polar surface area (TPSA) is 58.3 Å². The summed E-state index contributed by atoms with van der Waals surface area (Å²) in [5, 5.41) is 13.2. The van der Waals surface area contributed by atoms with E-state index in [1.54, 1.807) is 6.07 Å². The molecule has 1 aromatic rings. The molecule has 0 saturated heterocycles. The van der Waals surface area contributed by atoms with Gasteiger partial charge < -0.3 is 16.2 Å². The molecule has 1 aliphatic carbocycles. The van der Waals surface area contributed by atoms with E-state index >= 15 is 0 Å². The lowest BCUT2D eigenvalue weighted by Gasteiger charge is -2.12. The highest BCUT2D eigenvalue weighted by Crippen LogP contribution is 2.22. The van der Waals surface area contributed by atoms with Crippen molar-refractivity contribution in [3.8, 4) is 0 Å². The molecule has 2 rings (SSSR count). The van der Waals surface area contributed by atoms with Gasteiger partial charge in [-0.3, -0.25) is 0 Å². The summed E-state index contributed by atoms with van der Waals surface area (Å²) in [6.07, 6.45) is 2.52. The largest absolute Gasteiger partial charge is 0.396 e. The summed E-state index contributed by atoms with van der Waals surface area (Å²) in [7, 11) is 0. The van der Waals surface area contributed by atoms with Crippen LogP contribution >= 0.6 is 0 Å². The first-order chi connectivity index (χ1) is 7.66. The highest BCUT2D eigenvalue weighted by molar-refractivity contribution is 5.43. The number of benzene rings is 1. The molecule has 0 heterocycles. The van der Waals surface area contributed by atoms with Crippen molar-refractivity contribution in [2.45, 2.75) is 31.4 Å². The average molecular weight is 224 g/mol. The molecule has 3 nitrogen and oxygen atoms in total. The summed E-state index contributed by atoms with van der Waals surface area (Å²) >= 11 is 0. The lowest BCUT2D eigenvalue weighted by molar-refractivity contribution is 0.166. The normalized spacial score (nSPS) is 17.4. The molecule has 4 N–H and O–H groups in total. The van der Waals surface area contributed by atoms with Crippen molar-refractivity contribution in [1.82, 2.24) is 5.32 Å². The third-order valence-corrected chi connectivity index (χ3v) is 2.83. The predicted molar refractivity (Wildman–Crippen MR) is 61.4 cm³/mol. The fraction of sp³-hybridized carbons (Fsp3) is 0.500. The second-order valence-corrected chi connectivity index (χ2v) is 4.31. The van der Waals surface area contributed by atoms with Gasteiger partial charge in [-0.1, -0.05) is 6.07 Å². The van der Waals surface area contributed by atoms with Crippen LogP contribution < -0.4 is 11.1 Å². The molecule has 1 atom stereocenters. The zero-order valence-electron chi connectivity index (χ0n) is 9.12. The summed E-state index contributed by atoms with van der Waals surface area (Å²) in [5.41, 5.74) is 6.21. The molecule has 0 radical (unpaired) electrons. The average Bonchev–Trinajstić information content (AvgIpc) is 3.06. The van der Waals surface area contributed by atoms with Gasteiger partial charge in [0.2, 0.25) is 0 Å². The van der Waals surface area contributed by atoms with Gasteiger partial charge in [-0.05, 0) is 43.5 Å². The number of aliphatic hydroxyl groups excluding tert-OH is 1. The number of nitrogens with two attached hydrogens (primary N) is 1. The molecule has 0 amide bonds. The zero-order chi connectivity index (χ0) is 11.5. The van der Waals surface area contributed by atoms with Gasteiger partial charge in [0.05, 0.1) is 11.8 Å². The summed E-state index contributed by atoms with van der Waals surface area (Å²) in [6.45, 7) is 0.781. The molecule has 1 unspecified atom stereocenters. The zero-order valence-corrected chi connectivity index (χ0v) is 9.12. The van der Waals surface area contributed by atoms with Gasteiger partial charge >= 0.3 is 0 Å². The van der Waals surface area contributed by atoms with Crippen LogP contribution in [0.25, 0.3) is 0 Å². The Hall–Kier alpha value is -1.13. The third kappa shape index (κ3) is 2.93. The van der Waals surface area contributed by atoms with Crippen LogP contribution in [-0.2, 0) is 0 Å². The maximum Gasteiger partial charge on any atom is 0.146 e. The van der Waals surface area contributed by atoms with Gasteiger partial charge in [0.1, 0.15) is 5.82 Å². The second kappa shape index (κ2) is 4.80. The molecular weight excluding hydrogens is 207 g/mol. The van der Waals surface area contributed by atoms with Crippen LogP contribution in [-0.4, -0.2) is 17.7 Å².